The zero-order valence-corrected chi connectivity index (χ0v) is 16.2. The molecule has 2 rings (SSSR count). The smallest absolute Gasteiger partial charge is 0.303 e. The van der Waals surface area contributed by atoms with Crippen LogP contribution in [0.15, 0.2) is 0 Å². The molecule has 2 aliphatic heterocycles. The van der Waals surface area contributed by atoms with Crippen molar-refractivity contribution in [2.45, 2.75) is 96.2 Å². The summed E-state index contributed by atoms with van der Waals surface area (Å²) in [6.07, 6.45) is 15.0. The summed E-state index contributed by atoms with van der Waals surface area (Å²) < 4.78 is 6.21. The normalized spacial score (nSPS) is 28.5. The largest absolute Gasteiger partial charge is 0.481 e. The highest BCUT2D eigenvalue weighted by atomic mass is 32.2. The molecule has 140 valence electrons. The van der Waals surface area contributed by atoms with Gasteiger partial charge in [0.25, 0.3) is 0 Å². The molecule has 0 spiro atoms. The highest BCUT2D eigenvalue weighted by molar-refractivity contribution is 7.99. The fourth-order valence-electron chi connectivity index (χ4n) is 4.36. The zero-order chi connectivity index (χ0) is 17.2. The molecule has 2 fully saturated rings. The number of rotatable bonds is 14. The Hall–Kier alpha value is -0.220. The van der Waals surface area contributed by atoms with Crippen LogP contribution in [-0.2, 0) is 9.53 Å². The number of carboxylic acids is 1. The fraction of sp³-hybridized carbons (Fsp3) is 0.950. The molecule has 1 N–H and O–H groups in total. The van der Waals surface area contributed by atoms with Crippen molar-refractivity contribution < 1.29 is 14.6 Å². The predicted molar refractivity (Wildman–Crippen MR) is 102 cm³/mol. The van der Waals surface area contributed by atoms with E-state index in [4.69, 9.17) is 9.84 Å². The van der Waals surface area contributed by atoms with Gasteiger partial charge in [-0.15, -0.1) is 0 Å². The standard InChI is InChI=1S/C20H36O3S/c1-2-3-4-9-14-24-15-17-16(18-12-13-19(17)23-18)10-7-5-6-8-11-20(21)22/h16-19H,2-15H2,1H3,(H,21,22). The van der Waals surface area contributed by atoms with Crippen molar-refractivity contribution in [3.8, 4) is 0 Å². The van der Waals surface area contributed by atoms with Crippen molar-refractivity contribution in [2.75, 3.05) is 11.5 Å². The second-order valence-electron chi connectivity index (χ2n) is 7.60. The van der Waals surface area contributed by atoms with Crippen LogP contribution in [0.1, 0.15) is 84.0 Å². The Morgan fingerprint density at radius 1 is 1.00 bits per heavy atom. The topological polar surface area (TPSA) is 46.5 Å². The fourth-order valence-corrected chi connectivity index (χ4v) is 5.67. The number of hydrogen-bond donors (Lipinski definition) is 1. The number of unbranched alkanes of at least 4 members (excludes halogenated alkanes) is 6. The lowest BCUT2D eigenvalue weighted by Gasteiger charge is -2.27. The van der Waals surface area contributed by atoms with E-state index < -0.39 is 5.97 Å². The minimum atomic E-state index is -0.660. The van der Waals surface area contributed by atoms with Crippen LogP contribution in [0.5, 0.6) is 0 Å². The van der Waals surface area contributed by atoms with Crippen LogP contribution in [0.3, 0.4) is 0 Å². The Balaban J connectivity index is 1.59. The van der Waals surface area contributed by atoms with Gasteiger partial charge >= 0.3 is 5.97 Å². The molecule has 2 saturated heterocycles. The Bertz CT molecular complexity index is 361. The third-order valence-corrected chi connectivity index (χ3v) is 6.92. The molecular weight excluding hydrogens is 320 g/mol. The van der Waals surface area contributed by atoms with Gasteiger partial charge in [0.05, 0.1) is 12.2 Å². The molecule has 0 radical (unpaired) electrons. The molecular formula is C20H36O3S. The summed E-state index contributed by atoms with van der Waals surface area (Å²) in [4.78, 5) is 10.5. The molecule has 0 aromatic rings. The summed E-state index contributed by atoms with van der Waals surface area (Å²) in [6, 6.07) is 0. The predicted octanol–water partition coefficient (Wildman–Crippen LogP) is 5.52. The van der Waals surface area contributed by atoms with Crippen molar-refractivity contribution in [3.05, 3.63) is 0 Å². The zero-order valence-electron chi connectivity index (χ0n) is 15.4. The first-order valence-electron chi connectivity index (χ1n) is 10.2. The van der Waals surface area contributed by atoms with Gasteiger partial charge < -0.3 is 9.84 Å². The van der Waals surface area contributed by atoms with Gasteiger partial charge in [0.2, 0.25) is 0 Å². The summed E-state index contributed by atoms with van der Waals surface area (Å²) in [5.41, 5.74) is 0. The summed E-state index contributed by atoms with van der Waals surface area (Å²) >= 11 is 2.15. The lowest BCUT2D eigenvalue weighted by Crippen LogP contribution is -2.29. The Labute approximate surface area is 152 Å². The third kappa shape index (κ3) is 6.59. The second-order valence-corrected chi connectivity index (χ2v) is 8.75. The van der Waals surface area contributed by atoms with Crippen molar-refractivity contribution in [3.63, 3.8) is 0 Å². The maximum Gasteiger partial charge on any atom is 0.303 e. The van der Waals surface area contributed by atoms with Crippen LogP contribution in [0.4, 0.5) is 0 Å². The van der Waals surface area contributed by atoms with E-state index in [2.05, 4.69) is 18.7 Å². The summed E-state index contributed by atoms with van der Waals surface area (Å²) in [6.45, 7) is 2.27. The van der Waals surface area contributed by atoms with E-state index in [9.17, 15) is 4.79 Å². The molecule has 0 amide bonds. The Morgan fingerprint density at radius 3 is 2.46 bits per heavy atom. The Kier molecular flexibility index (Phi) is 9.55. The average Bonchev–Trinajstić information content (AvgIpc) is 3.15. The van der Waals surface area contributed by atoms with E-state index in [0.717, 1.165) is 24.7 Å². The molecule has 3 nitrogen and oxygen atoms in total. The SMILES string of the molecule is CCCCCCSCC1C2CCC(O2)C1CCCCCCC(=O)O. The van der Waals surface area contributed by atoms with Gasteiger partial charge in [-0.25, -0.2) is 0 Å². The number of ether oxygens (including phenoxy) is 1. The number of hydrogen-bond acceptors (Lipinski definition) is 3. The van der Waals surface area contributed by atoms with Crippen LogP contribution < -0.4 is 0 Å². The highest BCUT2D eigenvalue weighted by Gasteiger charge is 2.47. The number of thioether (sulfide) groups is 1. The molecule has 0 aromatic heterocycles. The van der Waals surface area contributed by atoms with Gasteiger partial charge in [0, 0.05) is 6.42 Å². The van der Waals surface area contributed by atoms with Crippen molar-refractivity contribution >= 4 is 17.7 Å². The number of carbonyl (C=O) groups is 1. The molecule has 2 heterocycles. The van der Waals surface area contributed by atoms with Crippen LogP contribution in [0, 0.1) is 11.8 Å². The number of fused-ring (bicyclic) bond motifs is 2. The van der Waals surface area contributed by atoms with E-state index in [0.29, 0.717) is 18.6 Å². The number of aliphatic carboxylic acids is 1. The first-order chi connectivity index (χ1) is 11.7. The lowest BCUT2D eigenvalue weighted by molar-refractivity contribution is -0.137. The van der Waals surface area contributed by atoms with Crippen LogP contribution in [0.2, 0.25) is 0 Å². The minimum absolute atomic E-state index is 0.328. The van der Waals surface area contributed by atoms with Crippen molar-refractivity contribution in [1.82, 2.24) is 0 Å². The van der Waals surface area contributed by atoms with Gasteiger partial charge in [-0.1, -0.05) is 45.4 Å². The molecule has 0 saturated carbocycles. The minimum Gasteiger partial charge on any atom is -0.481 e. The maximum absolute atomic E-state index is 10.5. The molecule has 4 unspecified atom stereocenters. The number of carboxylic acid groups (broad SMARTS) is 1. The van der Waals surface area contributed by atoms with E-state index in [1.165, 1.54) is 69.3 Å². The molecule has 2 bridgehead atoms. The molecule has 0 aliphatic carbocycles. The third-order valence-electron chi connectivity index (χ3n) is 5.72. The van der Waals surface area contributed by atoms with E-state index >= 15 is 0 Å². The van der Waals surface area contributed by atoms with E-state index in [1.54, 1.807) is 0 Å². The second kappa shape index (κ2) is 11.4. The monoisotopic (exact) mass is 356 g/mol. The van der Waals surface area contributed by atoms with Gasteiger partial charge in [-0.05, 0) is 55.4 Å². The first-order valence-corrected chi connectivity index (χ1v) is 11.3. The summed E-state index contributed by atoms with van der Waals surface area (Å²) in [5, 5.41) is 8.68. The van der Waals surface area contributed by atoms with Crippen molar-refractivity contribution in [2.24, 2.45) is 11.8 Å². The Morgan fingerprint density at radius 2 is 1.71 bits per heavy atom. The first kappa shape index (κ1) is 20.1. The van der Waals surface area contributed by atoms with Crippen LogP contribution in [0.25, 0.3) is 0 Å². The lowest BCUT2D eigenvalue weighted by atomic mass is 9.77. The molecule has 4 atom stereocenters. The van der Waals surface area contributed by atoms with Gasteiger partial charge in [-0.3, -0.25) is 4.79 Å². The highest BCUT2D eigenvalue weighted by Crippen LogP contribution is 2.46. The van der Waals surface area contributed by atoms with Crippen molar-refractivity contribution in [1.29, 1.82) is 0 Å². The van der Waals surface area contributed by atoms with Gasteiger partial charge in [-0.2, -0.15) is 11.8 Å². The molecule has 24 heavy (non-hydrogen) atoms. The van der Waals surface area contributed by atoms with E-state index in [1.807, 2.05) is 0 Å². The van der Waals surface area contributed by atoms with Gasteiger partial charge in [0.15, 0.2) is 0 Å². The van der Waals surface area contributed by atoms with Gasteiger partial charge in [0.1, 0.15) is 0 Å². The molecule has 4 heteroatoms. The van der Waals surface area contributed by atoms with Crippen LogP contribution >= 0.6 is 11.8 Å². The van der Waals surface area contributed by atoms with Crippen LogP contribution in [-0.4, -0.2) is 34.8 Å². The summed E-state index contributed by atoms with van der Waals surface area (Å²) in [5.74, 6) is 3.49. The summed E-state index contributed by atoms with van der Waals surface area (Å²) in [7, 11) is 0. The maximum atomic E-state index is 10.5. The quantitative estimate of drug-likeness (QED) is 0.416. The molecule has 0 aromatic carbocycles. The van der Waals surface area contributed by atoms with E-state index in [-0.39, 0.29) is 0 Å². The molecule has 2 aliphatic rings. The average molecular weight is 357 g/mol.